The van der Waals surface area contributed by atoms with Crippen molar-refractivity contribution < 1.29 is 19.2 Å². The van der Waals surface area contributed by atoms with Crippen molar-refractivity contribution in [2.24, 2.45) is 5.92 Å². The second-order valence-electron chi connectivity index (χ2n) is 10.1. The number of hydrogen-bond acceptors (Lipinski definition) is 6. The van der Waals surface area contributed by atoms with Gasteiger partial charge in [0, 0.05) is 28.7 Å². The number of nitro groups is 1. The molecule has 0 spiro atoms. The van der Waals surface area contributed by atoms with Crippen LogP contribution in [-0.4, -0.2) is 33.9 Å². The highest BCUT2D eigenvalue weighted by atomic mass is 16.6. The Labute approximate surface area is 225 Å². The average Bonchev–Trinajstić information content (AvgIpc) is 3.33. The summed E-state index contributed by atoms with van der Waals surface area (Å²) >= 11 is 0. The van der Waals surface area contributed by atoms with Crippen LogP contribution in [0.2, 0.25) is 0 Å². The van der Waals surface area contributed by atoms with Gasteiger partial charge in [-0.1, -0.05) is 74.5 Å². The van der Waals surface area contributed by atoms with Crippen LogP contribution in [0, 0.1) is 16.0 Å². The van der Waals surface area contributed by atoms with E-state index >= 15 is 0 Å². The number of carbonyl (C=O) groups excluding carboxylic acids is 2. The fraction of sp³-hybridized carbons (Fsp3) is 0.267. The van der Waals surface area contributed by atoms with Crippen LogP contribution in [0.3, 0.4) is 0 Å². The van der Waals surface area contributed by atoms with Gasteiger partial charge in [-0.15, -0.1) is 0 Å². The SMILES string of the molecule is CC(C)[C@H](NC(=O)[C@@H]1Cc2c([nH]c3ccccc23)[C@H](c2ccc([N+](=O)[O-])cc2)N1)C(=O)OCc1ccccc1. The Bertz CT molecular complexity index is 1500. The van der Waals surface area contributed by atoms with Gasteiger partial charge in [-0.05, 0) is 35.1 Å². The molecule has 5 rings (SSSR count). The third-order valence-electron chi connectivity index (χ3n) is 7.11. The predicted octanol–water partition coefficient (Wildman–Crippen LogP) is 4.56. The summed E-state index contributed by atoms with van der Waals surface area (Å²) < 4.78 is 5.53. The van der Waals surface area contributed by atoms with Gasteiger partial charge >= 0.3 is 5.97 Å². The monoisotopic (exact) mass is 526 g/mol. The Kier molecular flexibility index (Phi) is 7.42. The smallest absolute Gasteiger partial charge is 0.329 e. The lowest BCUT2D eigenvalue weighted by Gasteiger charge is -2.32. The summed E-state index contributed by atoms with van der Waals surface area (Å²) in [6, 6.07) is 21.7. The minimum atomic E-state index is -0.815. The molecule has 3 aromatic carbocycles. The Morgan fingerprint density at radius 3 is 2.41 bits per heavy atom. The molecule has 0 saturated carbocycles. The first-order chi connectivity index (χ1) is 18.8. The van der Waals surface area contributed by atoms with Crippen LogP contribution in [0.1, 0.15) is 42.3 Å². The van der Waals surface area contributed by atoms with Crippen LogP contribution in [0.15, 0.2) is 78.9 Å². The maximum absolute atomic E-state index is 13.6. The molecule has 3 N–H and O–H groups in total. The number of ether oxygens (including phenoxy) is 1. The number of carbonyl (C=O) groups is 2. The van der Waals surface area contributed by atoms with E-state index in [-0.39, 0.29) is 24.1 Å². The normalized spacial score (nSPS) is 17.4. The molecule has 0 saturated heterocycles. The molecule has 3 atom stereocenters. The van der Waals surface area contributed by atoms with Crippen LogP contribution in [0.5, 0.6) is 0 Å². The first-order valence-electron chi connectivity index (χ1n) is 12.9. The summed E-state index contributed by atoms with van der Waals surface area (Å²) in [4.78, 5) is 40.8. The molecule has 4 aromatic rings. The molecule has 9 heteroatoms. The number of benzene rings is 3. The molecule has 2 heterocycles. The van der Waals surface area contributed by atoms with Gasteiger partial charge in [-0.25, -0.2) is 4.79 Å². The predicted molar refractivity (Wildman–Crippen MR) is 147 cm³/mol. The lowest BCUT2D eigenvalue weighted by Crippen LogP contribution is -2.55. The second-order valence-corrected chi connectivity index (χ2v) is 10.1. The van der Waals surface area contributed by atoms with Gasteiger partial charge < -0.3 is 15.0 Å². The third kappa shape index (κ3) is 5.53. The van der Waals surface area contributed by atoms with E-state index in [4.69, 9.17) is 4.74 Å². The number of nitrogens with one attached hydrogen (secondary N) is 3. The van der Waals surface area contributed by atoms with E-state index in [1.54, 1.807) is 12.1 Å². The Morgan fingerprint density at radius 1 is 1.03 bits per heavy atom. The number of esters is 1. The highest BCUT2D eigenvalue weighted by Gasteiger charge is 2.36. The Balaban J connectivity index is 1.39. The molecule has 1 aliphatic rings. The summed E-state index contributed by atoms with van der Waals surface area (Å²) in [7, 11) is 0. The largest absolute Gasteiger partial charge is 0.459 e. The number of non-ortho nitro benzene ring substituents is 1. The fourth-order valence-electron chi connectivity index (χ4n) is 5.02. The van der Waals surface area contributed by atoms with Crippen LogP contribution >= 0.6 is 0 Å². The second kappa shape index (κ2) is 11.1. The molecule has 1 amide bonds. The Hall–Kier alpha value is -4.50. The van der Waals surface area contributed by atoms with Gasteiger partial charge in [0.15, 0.2) is 0 Å². The minimum absolute atomic E-state index is 0.00508. The third-order valence-corrected chi connectivity index (χ3v) is 7.11. The highest BCUT2D eigenvalue weighted by molar-refractivity contribution is 5.91. The summed E-state index contributed by atoms with van der Waals surface area (Å²) in [5.74, 6) is -0.985. The number of aromatic nitrogens is 1. The first-order valence-corrected chi connectivity index (χ1v) is 12.9. The summed E-state index contributed by atoms with van der Waals surface area (Å²) in [6.07, 6.45) is 0.415. The molecule has 200 valence electrons. The summed E-state index contributed by atoms with van der Waals surface area (Å²) in [5, 5.41) is 18.5. The van der Waals surface area contributed by atoms with Gasteiger partial charge in [-0.2, -0.15) is 0 Å². The highest BCUT2D eigenvalue weighted by Crippen LogP contribution is 2.35. The van der Waals surface area contributed by atoms with Crippen LogP contribution in [0.4, 0.5) is 5.69 Å². The lowest BCUT2D eigenvalue weighted by molar-refractivity contribution is -0.384. The molecule has 1 aliphatic heterocycles. The number of nitrogens with zero attached hydrogens (tertiary/aromatic N) is 1. The van der Waals surface area contributed by atoms with E-state index in [0.29, 0.717) is 6.42 Å². The van der Waals surface area contributed by atoms with Crippen molar-refractivity contribution in [1.82, 2.24) is 15.6 Å². The molecule has 0 radical (unpaired) electrons. The molecular weight excluding hydrogens is 496 g/mol. The topological polar surface area (TPSA) is 126 Å². The van der Waals surface area contributed by atoms with Gasteiger partial charge in [0.2, 0.25) is 5.91 Å². The van der Waals surface area contributed by atoms with Crippen molar-refractivity contribution in [2.75, 3.05) is 0 Å². The number of aromatic amines is 1. The maximum Gasteiger partial charge on any atom is 0.329 e. The number of para-hydroxylation sites is 1. The van der Waals surface area contributed by atoms with Crippen LogP contribution in [-0.2, 0) is 27.4 Å². The lowest BCUT2D eigenvalue weighted by atomic mass is 9.89. The zero-order valence-electron chi connectivity index (χ0n) is 21.7. The molecule has 0 unspecified atom stereocenters. The number of fused-ring (bicyclic) bond motifs is 3. The molecular formula is C30H30N4O5. The van der Waals surface area contributed by atoms with Gasteiger partial charge in [-0.3, -0.25) is 20.2 Å². The number of nitro benzene ring substituents is 1. The van der Waals surface area contributed by atoms with Crippen molar-refractivity contribution in [3.8, 4) is 0 Å². The quantitative estimate of drug-likeness (QED) is 0.175. The zero-order chi connectivity index (χ0) is 27.5. The minimum Gasteiger partial charge on any atom is -0.459 e. The van der Waals surface area contributed by atoms with E-state index in [1.807, 2.05) is 68.4 Å². The van der Waals surface area contributed by atoms with Crippen LogP contribution in [0.25, 0.3) is 10.9 Å². The van der Waals surface area contributed by atoms with Crippen molar-refractivity contribution in [2.45, 2.75) is 45.0 Å². The summed E-state index contributed by atoms with van der Waals surface area (Å²) in [6.45, 7) is 3.85. The maximum atomic E-state index is 13.6. The Morgan fingerprint density at radius 2 is 1.72 bits per heavy atom. The molecule has 1 aromatic heterocycles. The standard InChI is InChI=1S/C30H30N4O5/c1-18(2)26(30(36)39-17-19-8-4-3-5-9-19)33-29(35)25-16-23-22-10-6-7-11-24(22)31-28(23)27(32-25)20-12-14-21(15-13-20)34(37)38/h3-15,18,25-27,31-32H,16-17H2,1-2H3,(H,33,35)/t25-,26-,27-/m0/s1. The number of amides is 1. The fourth-order valence-corrected chi connectivity index (χ4v) is 5.02. The number of rotatable bonds is 8. The van der Waals surface area contributed by atoms with Gasteiger partial charge in [0.1, 0.15) is 12.6 Å². The molecule has 0 bridgehead atoms. The first kappa shape index (κ1) is 26.1. The number of H-pyrrole nitrogens is 1. The van der Waals surface area contributed by atoms with Gasteiger partial charge in [0.25, 0.3) is 5.69 Å². The summed E-state index contributed by atoms with van der Waals surface area (Å²) in [5.41, 5.74) is 4.51. The van der Waals surface area contributed by atoms with E-state index in [2.05, 4.69) is 15.6 Å². The molecule has 9 nitrogen and oxygen atoms in total. The van der Waals surface area contributed by atoms with E-state index in [0.717, 1.165) is 33.3 Å². The zero-order valence-corrected chi connectivity index (χ0v) is 21.7. The van der Waals surface area contributed by atoms with Crippen molar-refractivity contribution >= 4 is 28.5 Å². The molecule has 39 heavy (non-hydrogen) atoms. The van der Waals surface area contributed by atoms with E-state index in [9.17, 15) is 19.7 Å². The molecule has 0 aliphatic carbocycles. The van der Waals surface area contributed by atoms with Crippen LogP contribution < -0.4 is 10.6 Å². The van der Waals surface area contributed by atoms with Crippen molar-refractivity contribution in [1.29, 1.82) is 0 Å². The average molecular weight is 527 g/mol. The van der Waals surface area contributed by atoms with Crippen molar-refractivity contribution in [3.63, 3.8) is 0 Å². The van der Waals surface area contributed by atoms with E-state index < -0.39 is 29.0 Å². The van der Waals surface area contributed by atoms with E-state index in [1.165, 1.54) is 12.1 Å². The molecule has 0 fully saturated rings. The van der Waals surface area contributed by atoms with Crippen molar-refractivity contribution in [3.05, 3.63) is 111 Å². The van der Waals surface area contributed by atoms with Gasteiger partial charge in [0.05, 0.1) is 17.0 Å². The number of hydrogen-bond donors (Lipinski definition) is 3.